The van der Waals surface area contributed by atoms with Gasteiger partial charge in [0.1, 0.15) is 0 Å². The molecule has 1 unspecified atom stereocenters. The number of nitrogens with two attached hydrogens (primary N) is 1. The molecule has 1 atom stereocenters. The van der Waals surface area contributed by atoms with Crippen LogP contribution in [-0.2, 0) is 15.7 Å². The van der Waals surface area contributed by atoms with Crippen LogP contribution in [0.25, 0.3) is 0 Å². The minimum absolute atomic E-state index is 0. The number of amides is 1. The number of piperidine rings is 1. The monoisotopic (exact) mass is 408 g/mol. The van der Waals surface area contributed by atoms with Crippen molar-refractivity contribution in [1.29, 1.82) is 0 Å². The van der Waals surface area contributed by atoms with Crippen LogP contribution in [0.4, 0.5) is 13.2 Å². The van der Waals surface area contributed by atoms with E-state index >= 15 is 0 Å². The third-order valence-corrected chi connectivity index (χ3v) is 4.78. The standard InChI is InChI=1S/C19H27F3N2O2.ClH/c1-14(15-3-5-16(6-4-15)19(20,21)22)13-18(25)24-10-7-17(8-11-24)26-12-2-9-23;/h3-6,14,17H,2,7-13,23H2,1H3;1H. The van der Waals surface area contributed by atoms with Crippen molar-refractivity contribution in [3.8, 4) is 0 Å². The summed E-state index contributed by atoms with van der Waals surface area (Å²) in [5.41, 5.74) is 5.51. The third-order valence-electron chi connectivity index (χ3n) is 4.78. The normalized spacial score (nSPS) is 16.7. The first-order chi connectivity index (χ1) is 12.3. The summed E-state index contributed by atoms with van der Waals surface area (Å²) < 4.78 is 43.6. The molecular weight excluding hydrogens is 381 g/mol. The number of carbonyl (C=O) groups is 1. The summed E-state index contributed by atoms with van der Waals surface area (Å²) >= 11 is 0. The Labute approximate surface area is 164 Å². The van der Waals surface area contributed by atoms with Crippen molar-refractivity contribution in [3.05, 3.63) is 35.4 Å². The van der Waals surface area contributed by atoms with Crippen molar-refractivity contribution in [2.45, 2.75) is 50.8 Å². The Kier molecular flexibility index (Phi) is 9.56. The average molecular weight is 409 g/mol. The van der Waals surface area contributed by atoms with Crippen molar-refractivity contribution in [2.24, 2.45) is 5.73 Å². The van der Waals surface area contributed by atoms with E-state index in [2.05, 4.69) is 0 Å². The molecule has 154 valence electrons. The average Bonchev–Trinajstić information content (AvgIpc) is 2.62. The maximum atomic E-state index is 12.6. The largest absolute Gasteiger partial charge is 0.416 e. The van der Waals surface area contributed by atoms with Gasteiger partial charge < -0.3 is 15.4 Å². The molecule has 1 heterocycles. The quantitative estimate of drug-likeness (QED) is 0.694. The first-order valence-electron chi connectivity index (χ1n) is 9.08. The molecule has 1 fully saturated rings. The molecule has 1 aromatic rings. The summed E-state index contributed by atoms with van der Waals surface area (Å²) in [6.45, 7) is 4.44. The molecule has 0 spiro atoms. The molecule has 0 saturated carbocycles. The second kappa shape index (κ2) is 10.9. The molecule has 8 heteroatoms. The molecule has 2 rings (SSSR count). The second-order valence-corrected chi connectivity index (χ2v) is 6.82. The van der Waals surface area contributed by atoms with Gasteiger partial charge in [0.25, 0.3) is 0 Å². The van der Waals surface area contributed by atoms with Crippen molar-refractivity contribution >= 4 is 18.3 Å². The highest BCUT2D eigenvalue weighted by atomic mass is 35.5. The lowest BCUT2D eigenvalue weighted by Crippen LogP contribution is -2.41. The number of nitrogens with zero attached hydrogens (tertiary/aromatic N) is 1. The highest BCUT2D eigenvalue weighted by Gasteiger charge is 2.30. The van der Waals surface area contributed by atoms with Crippen LogP contribution in [0, 0.1) is 0 Å². The van der Waals surface area contributed by atoms with Gasteiger partial charge in [-0.05, 0) is 49.4 Å². The van der Waals surface area contributed by atoms with Gasteiger partial charge in [-0.2, -0.15) is 13.2 Å². The van der Waals surface area contributed by atoms with E-state index in [-0.39, 0.29) is 30.3 Å². The van der Waals surface area contributed by atoms with Crippen molar-refractivity contribution in [2.75, 3.05) is 26.2 Å². The fourth-order valence-electron chi connectivity index (χ4n) is 3.11. The summed E-state index contributed by atoms with van der Waals surface area (Å²) in [7, 11) is 0. The Morgan fingerprint density at radius 3 is 2.37 bits per heavy atom. The molecule has 1 aromatic carbocycles. The van der Waals surface area contributed by atoms with E-state index in [1.807, 2.05) is 11.8 Å². The van der Waals surface area contributed by atoms with E-state index in [1.54, 1.807) is 0 Å². The highest BCUT2D eigenvalue weighted by molar-refractivity contribution is 5.85. The molecule has 27 heavy (non-hydrogen) atoms. The van der Waals surface area contributed by atoms with Crippen LogP contribution >= 0.6 is 12.4 Å². The maximum Gasteiger partial charge on any atom is 0.416 e. The Bertz CT molecular complexity index is 573. The second-order valence-electron chi connectivity index (χ2n) is 6.82. The van der Waals surface area contributed by atoms with Gasteiger partial charge in [0.15, 0.2) is 0 Å². The van der Waals surface area contributed by atoms with Crippen LogP contribution in [0.15, 0.2) is 24.3 Å². The number of alkyl halides is 3. The Hall–Kier alpha value is -1.31. The Morgan fingerprint density at radius 2 is 1.85 bits per heavy atom. The molecule has 1 aliphatic rings. The van der Waals surface area contributed by atoms with E-state index in [0.29, 0.717) is 32.7 Å². The summed E-state index contributed by atoms with van der Waals surface area (Å²) in [6, 6.07) is 5.05. The number of halogens is 4. The third kappa shape index (κ3) is 7.31. The zero-order valence-electron chi connectivity index (χ0n) is 15.5. The van der Waals surface area contributed by atoms with E-state index in [1.165, 1.54) is 12.1 Å². The topological polar surface area (TPSA) is 55.6 Å². The van der Waals surface area contributed by atoms with Gasteiger partial charge in [-0.3, -0.25) is 4.79 Å². The van der Waals surface area contributed by atoms with E-state index < -0.39 is 11.7 Å². The van der Waals surface area contributed by atoms with Gasteiger partial charge in [0, 0.05) is 26.1 Å². The van der Waals surface area contributed by atoms with Gasteiger partial charge in [0.2, 0.25) is 5.91 Å². The molecular formula is C19H28ClF3N2O2. The smallest absolute Gasteiger partial charge is 0.378 e. The lowest BCUT2D eigenvalue weighted by atomic mass is 9.95. The summed E-state index contributed by atoms with van der Waals surface area (Å²) in [6.07, 6.45) is -1.41. The summed E-state index contributed by atoms with van der Waals surface area (Å²) in [4.78, 5) is 14.3. The Morgan fingerprint density at radius 1 is 1.26 bits per heavy atom. The van der Waals surface area contributed by atoms with Crippen molar-refractivity contribution in [1.82, 2.24) is 4.90 Å². The molecule has 0 aliphatic carbocycles. The highest BCUT2D eigenvalue weighted by Crippen LogP contribution is 2.31. The van der Waals surface area contributed by atoms with Crippen LogP contribution in [0.3, 0.4) is 0 Å². The summed E-state index contributed by atoms with van der Waals surface area (Å²) in [5.74, 6) is -0.0823. The van der Waals surface area contributed by atoms with Gasteiger partial charge in [0.05, 0.1) is 11.7 Å². The number of hydrogen-bond acceptors (Lipinski definition) is 3. The molecule has 0 bridgehead atoms. The minimum Gasteiger partial charge on any atom is -0.378 e. The molecule has 2 N–H and O–H groups in total. The molecule has 1 saturated heterocycles. The first kappa shape index (κ1) is 23.7. The van der Waals surface area contributed by atoms with Gasteiger partial charge in [-0.15, -0.1) is 12.4 Å². The number of likely N-dealkylation sites (tertiary alicyclic amines) is 1. The maximum absolute atomic E-state index is 12.6. The number of benzene rings is 1. The van der Waals surface area contributed by atoms with Crippen LogP contribution < -0.4 is 5.73 Å². The van der Waals surface area contributed by atoms with E-state index in [0.717, 1.165) is 37.0 Å². The van der Waals surface area contributed by atoms with Crippen molar-refractivity contribution < 1.29 is 22.7 Å². The van der Waals surface area contributed by atoms with Gasteiger partial charge in [-0.1, -0.05) is 19.1 Å². The van der Waals surface area contributed by atoms with Gasteiger partial charge >= 0.3 is 6.18 Å². The van der Waals surface area contributed by atoms with Gasteiger partial charge in [-0.25, -0.2) is 0 Å². The molecule has 0 aromatic heterocycles. The fraction of sp³-hybridized carbons (Fsp3) is 0.632. The predicted molar refractivity (Wildman–Crippen MR) is 101 cm³/mol. The number of rotatable bonds is 7. The van der Waals surface area contributed by atoms with Crippen LogP contribution in [-0.4, -0.2) is 43.2 Å². The van der Waals surface area contributed by atoms with E-state index in [9.17, 15) is 18.0 Å². The zero-order valence-corrected chi connectivity index (χ0v) is 16.3. The molecule has 4 nitrogen and oxygen atoms in total. The minimum atomic E-state index is -4.34. The number of hydrogen-bond donors (Lipinski definition) is 1. The SMILES string of the molecule is CC(CC(=O)N1CCC(OCCCN)CC1)c1ccc(C(F)(F)F)cc1.Cl. The lowest BCUT2D eigenvalue weighted by Gasteiger charge is -2.32. The molecule has 0 radical (unpaired) electrons. The molecule has 1 amide bonds. The summed E-state index contributed by atoms with van der Waals surface area (Å²) in [5, 5.41) is 0. The Balaban J connectivity index is 0.00000364. The predicted octanol–water partition coefficient (Wildman–Crippen LogP) is 3.98. The number of carbonyl (C=O) groups excluding carboxylic acids is 1. The fourth-order valence-corrected chi connectivity index (χ4v) is 3.11. The van der Waals surface area contributed by atoms with Crippen LogP contribution in [0.5, 0.6) is 0 Å². The number of ether oxygens (including phenoxy) is 1. The van der Waals surface area contributed by atoms with Crippen LogP contribution in [0.2, 0.25) is 0 Å². The van der Waals surface area contributed by atoms with E-state index in [4.69, 9.17) is 10.5 Å². The van der Waals surface area contributed by atoms with Crippen molar-refractivity contribution in [3.63, 3.8) is 0 Å². The molecule has 1 aliphatic heterocycles. The first-order valence-corrected chi connectivity index (χ1v) is 9.08. The zero-order chi connectivity index (χ0) is 19.2. The lowest BCUT2D eigenvalue weighted by molar-refractivity contribution is -0.137. The van der Waals surface area contributed by atoms with Crippen LogP contribution in [0.1, 0.15) is 49.7 Å².